The van der Waals surface area contributed by atoms with Crippen molar-refractivity contribution in [1.82, 2.24) is 0 Å². The molecule has 0 aromatic heterocycles. The van der Waals surface area contributed by atoms with Crippen molar-refractivity contribution in [2.45, 2.75) is 6.92 Å². The highest BCUT2D eigenvalue weighted by Crippen LogP contribution is 2.25. The number of amides is 1. The van der Waals surface area contributed by atoms with E-state index in [1.54, 1.807) is 18.2 Å². The van der Waals surface area contributed by atoms with E-state index in [1.165, 1.54) is 0 Å². The van der Waals surface area contributed by atoms with E-state index in [0.717, 1.165) is 15.7 Å². The molecule has 5 heteroatoms. The molecule has 0 spiro atoms. The quantitative estimate of drug-likeness (QED) is 0.757. The van der Waals surface area contributed by atoms with Gasteiger partial charge < -0.3 is 11.1 Å². The smallest absolute Gasteiger partial charge is 0.256 e. The number of rotatable bonds is 2. The second-order valence-corrected chi connectivity index (χ2v) is 5.81. The van der Waals surface area contributed by atoms with Crippen LogP contribution in [-0.4, -0.2) is 5.91 Å². The minimum Gasteiger partial charge on any atom is -0.399 e. The molecule has 0 unspecified atom stereocenters. The first-order valence-electron chi connectivity index (χ1n) is 5.60. The molecule has 2 rings (SSSR count). The average Bonchev–Trinajstić information content (AvgIpc) is 2.38. The fourth-order valence-corrected chi connectivity index (χ4v) is 2.44. The first-order chi connectivity index (χ1) is 8.99. The largest absolute Gasteiger partial charge is 0.399 e. The maximum Gasteiger partial charge on any atom is 0.256 e. The predicted octanol–water partition coefficient (Wildman–Crippen LogP) is 4.35. The lowest BCUT2D eigenvalue weighted by Crippen LogP contribution is -2.13. The monoisotopic (exact) mass is 382 g/mol. The fourth-order valence-electron chi connectivity index (χ4n) is 1.65. The molecule has 0 aliphatic heterocycles. The lowest BCUT2D eigenvalue weighted by atomic mass is 10.1. The van der Waals surface area contributed by atoms with Crippen LogP contribution in [0.3, 0.4) is 0 Å². The molecule has 0 heterocycles. The van der Waals surface area contributed by atoms with Crippen LogP contribution in [0.5, 0.6) is 0 Å². The van der Waals surface area contributed by atoms with E-state index in [2.05, 4.69) is 37.2 Å². The fraction of sp³-hybridized carbons (Fsp3) is 0.0714. The molecule has 0 aliphatic rings. The van der Waals surface area contributed by atoms with Gasteiger partial charge in [-0.2, -0.15) is 0 Å². The van der Waals surface area contributed by atoms with Crippen LogP contribution >= 0.6 is 31.9 Å². The molecule has 0 radical (unpaired) electrons. The summed E-state index contributed by atoms with van der Waals surface area (Å²) in [5.74, 6) is -0.194. The molecule has 0 bridgehead atoms. The van der Waals surface area contributed by atoms with Gasteiger partial charge in [0.15, 0.2) is 0 Å². The van der Waals surface area contributed by atoms with E-state index in [-0.39, 0.29) is 5.91 Å². The number of nitrogens with one attached hydrogen (secondary N) is 1. The van der Waals surface area contributed by atoms with Gasteiger partial charge in [0.2, 0.25) is 0 Å². The summed E-state index contributed by atoms with van der Waals surface area (Å²) in [7, 11) is 0. The van der Waals surface area contributed by atoms with Gasteiger partial charge in [-0.25, -0.2) is 0 Å². The van der Waals surface area contributed by atoms with Crippen LogP contribution in [0.25, 0.3) is 0 Å². The second-order valence-electron chi connectivity index (χ2n) is 4.11. The van der Waals surface area contributed by atoms with Crippen LogP contribution < -0.4 is 11.1 Å². The first kappa shape index (κ1) is 14.1. The van der Waals surface area contributed by atoms with Gasteiger partial charge in [0.05, 0.1) is 5.56 Å². The summed E-state index contributed by atoms with van der Waals surface area (Å²) in [4.78, 5) is 12.2. The Morgan fingerprint density at radius 1 is 1.16 bits per heavy atom. The zero-order valence-electron chi connectivity index (χ0n) is 10.2. The average molecular weight is 384 g/mol. The molecule has 0 saturated heterocycles. The second kappa shape index (κ2) is 5.75. The van der Waals surface area contributed by atoms with Gasteiger partial charge in [0.25, 0.3) is 5.91 Å². The summed E-state index contributed by atoms with van der Waals surface area (Å²) < 4.78 is 1.67. The molecular formula is C14H12Br2N2O. The number of hydrogen-bond acceptors (Lipinski definition) is 2. The minimum absolute atomic E-state index is 0.194. The Labute approximate surface area is 128 Å². The molecule has 3 N–H and O–H groups in total. The van der Waals surface area contributed by atoms with Gasteiger partial charge in [-0.15, -0.1) is 0 Å². The minimum atomic E-state index is -0.194. The number of nitrogens with two attached hydrogens (primary N) is 1. The molecule has 0 aliphatic carbocycles. The van der Waals surface area contributed by atoms with Crippen molar-refractivity contribution in [2.75, 3.05) is 11.1 Å². The van der Waals surface area contributed by atoms with E-state index in [1.807, 2.05) is 25.1 Å². The molecule has 1 amide bonds. The number of nitrogen functional groups attached to an aromatic ring is 1. The van der Waals surface area contributed by atoms with Gasteiger partial charge in [-0.3, -0.25) is 4.79 Å². The third-order valence-electron chi connectivity index (χ3n) is 2.75. The number of carbonyl (C=O) groups excluding carboxylic acids is 1. The van der Waals surface area contributed by atoms with Crippen molar-refractivity contribution < 1.29 is 4.79 Å². The van der Waals surface area contributed by atoms with Crippen LogP contribution in [0, 0.1) is 6.92 Å². The van der Waals surface area contributed by atoms with Gasteiger partial charge in [-0.05, 0) is 58.7 Å². The summed E-state index contributed by atoms with van der Waals surface area (Å²) in [5.41, 5.74) is 8.53. The number of benzene rings is 2. The summed E-state index contributed by atoms with van der Waals surface area (Å²) in [5, 5.41) is 2.88. The first-order valence-corrected chi connectivity index (χ1v) is 7.19. The summed E-state index contributed by atoms with van der Waals surface area (Å²) >= 11 is 6.79. The van der Waals surface area contributed by atoms with Crippen LogP contribution in [0.2, 0.25) is 0 Å². The van der Waals surface area contributed by atoms with E-state index in [0.29, 0.717) is 15.7 Å². The van der Waals surface area contributed by atoms with Crippen LogP contribution in [0.4, 0.5) is 11.4 Å². The van der Waals surface area contributed by atoms with Gasteiger partial charge in [0, 0.05) is 20.3 Å². The maximum atomic E-state index is 12.2. The van der Waals surface area contributed by atoms with Crippen molar-refractivity contribution in [2.24, 2.45) is 0 Å². The zero-order valence-corrected chi connectivity index (χ0v) is 13.4. The lowest BCUT2D eigenvalue weighted by Gasteiger charge is -2.11. The highest BCUT2D eigenvalue weighted by Gasteiger charge is 2.12. The Balaban J connectivity index is 2.31. The normalized spacial score (nSPS) is 10.3. The Bertz CT molecular complexity index is 641. The van der Waals surface area contributed by atoms with Gasteiger partial charge >= 0.3 is 0 Å². The SMILES string of the molecule is Cc1c(Br)cccc1NC(=O)c1cc(N)ccc1Br. The number of anilines is 2. The van der Waals surface area contributed by atoms with E-state index in [4.69, 9.17) is 5.73 Å². The van der Waals surface area contributed by atoms with Crippen LogP contribution in [0.15, 0.2) is 45.3 Å². The van der Waals surface area contributed by atoms with E-state index >= 15 is 0 Å². The molecule has 3 nitrogen and oxygen atoms in total. The molecular weight excluding hydrogens is 372 g/mol. The van der Waals surface area contributed by atoms with Crippen molar-refractivity contribution in [3.63, 3.8) is 0 Å². The Morgan fingerprint density at radius 2 is 1.89 bits per heavy atom. The third-order valence-corrected chi connectivity index (χ3v) is 4.30. The van der Waals surface area contributed by atoms with Crippen molar-refractivity contribution in [3.05, 3.63) is 56.5 Å². The highest BCUT2D eigenvalue weighted by molar-refractivity contribution is 9.10. The molecule has 0 fully saturated rings. The van der Waals surface area contributed by atoms with Crippen LogP contribution in [0.1, 0.15) is 15.9 Å². The molecule has 19 heavy (non-hydrogen) atoms. The molecule has 2 aromatic carbocycles. The van der Waals surface area contributed by atoms with Crippen molar-refractivity contribution >= 4 is 49.1 Å². The maximum absolute atomic E-state index is 12.2. The lowest BCUT2D eigenvalue weighted by molar-refractivity contribution is 0.102. The number of hydrogen-bond donors (Lipinski definition) is 2. The topological polar surface area (TPSA) is 55.1 Å². The number of halogens is 2. The molecule has 0 atom stereocenters. The molecule has 0 saturated carbocycles. The Morgan fingerprint density at radius 3 is 2.63 bits per heavy atom. The summed E-state index contributed by atoms with van der Waals surface area (Å²) in [6, 6.07) is 10.8. The third kappa shape index (κ3) is 3.16. The molecule has 2 aromatic rings. The van der Waals surface area contributed by atoms with E-state index < -0.39 is 0 Å². The predicted molar refractivity (Wildman–Crippen MR) is 85.4 cm³/mol. The number of carbonyl (C=O) groups is 1. The van der Waals surface area contributed by atoms with Gasteiger partial charge in [-0.1, -0.05) is 22.0 Å². The van der Waals surface area contributed by atoms with Gasteiger partial charge in [0.1, 0.15) is 0 Å². The zero-order chi connectivity index (χ0) is 14.0. The standard InChI is InChI=1S/C14H12Br2N2O/c1-8-11(15)3-2-4-13(8)18-14(19)10-7-9(17)5-6-12(10)16/h2-7H,17H2,1H3,(H,18,19). The van der Waals surface area contributed by atoms with Crippen molar-refractivity contribution in [1.29, 1.82) is 0 Å². The van der Waals surface area contributed by atoms with E-state index in [9.17, 15) is 4.79 Å². The molecule has 98 valence electrons. The summed E-state index contributed by atoms with van der Waals surface area (Å²) in [6.07, 6.45) is 0. The Hall–Kier alpha value is -1.33. The highest BCUT2D eigenvalue weighted by atomic mass is 79.9. The Kier molecular flexibility index (Phi) is 4.27. The summed E-state index contributed by atoms with van der Waals surface area (Å²) in [6.45, 7) is 1.94. The van der Waals surface area contributed by atoms with Crippen LogP contribution in [-0.2, 0) is 0 Å². The van der Waals surface area contributed by atoms with Crippen molar-refractivity contribution in [3.8, 4) is 0 Å².